The van der Waals surface area contributed by atoms with Crippen LogP contribution in [-0.2, 0) is 18.4 Å². The van der Waals surface area contributed by atoms with Crippen molar-refractivity contribution in [2.75, 3.05) is 40.9 Å². The second kappa shape index (κ2) is 35.0. The van der Waals surface area contributed by atoms with Crippen LogP contribution in [0.15, 0.2) is 12.2 Å². The van der Waals surface area contributed by atoms with Crippen molar-refractivity contribution in [2.24, 2.45) is 0 Å². The Hall–Kier alpha value is -0.760. The van der Waals surface area contributed by atoms with Gasteiger partial charge in [-0.3, -0.25) is 9.36 Å². The number of unbranched alkanes of at least 4 members (excludes halogenated alkanes) is 26. The van der Waals surface area contributed by atoms with Crippen molar-refractivity contribution >= 4 is 13.7 Å². The molecule has 3 atom stereocenters. The summed E-state index contributed by atoms with van der Waals surface area (Å²) in [4.78, 5) is 25.2. The van der Waals surface area contributed by atoms with E-state index in [1.165, 1.54) is 141 Å². The van der Waals surface area contributed by atoms with Crippen molar-refractivity contribution in [3.05, 3.63) is 12.2 Å². The average Bonchev–Trinajstić information content (AvgIpc) is 3.07. The summed E-state index contributed by atoms with van der Waals surface area (Å²) in [5.74, 6) is -0.197. The second-order valence-corrected chi connectivity index (χ2v) is 17.5. The van der Waals surface area contributed by atoms with Crippen molar-refractivity contribution < 1.29 is 32.9 Å². The van der Waals surface area contributed by atoms with E-state index in [1.807, 2.05) is 27.2 Å². The molecule has 304 valence electrons. The Morgan fingerprint density at radius 3 is 1.47 bits per heavy atom. The number of quaternary nitrogens is 1. The van der Waals surface area contributed by atoms with Crippen LogP contribution in [0.25, 0.3) is 0 Å². The van der Waals surface area contributed by atoms with E-state index in [0.717, 1.165) is 38.5 Å². The molecule has 1 unspecified atom stereocenters. The Balaban J connectivity index is 4.44. The van der Waals surface area contributed by atoms with Crippen molar-refractivity contribution in [2.45, 2.75) is 212 Å². The maximum Gasteiger partial charge on any atom is 0.268 e. The van der Waals surface area contributed by atoms with Gasteiger partial charge in [0.2, 0.25) is 5.91 Å². The molecule has 0 fully saturated rings. The van der Waals surface area contributed by atoms with Crippen LogP contribution in [0.4, 0.5) is 0 Å². The predicted octanol–water partition coefficient (Wildman–Crippen LogP) is 10.9. The third-order valence-electron chi connectivity index (χ3n) is 9.75. The first-order valence-corrected chi connectivity index (χ1v) is 23.0. The van der Waals surface area contributed by atoms with Crippen molar-refractivity contribution in [1.82, 2.24) is 5.32 Å². The van der Waals surface area contributed by atoms with Gasteiger partial charge in [0.1, 0.15) is 13.2 Å². The van der Waals surface area contributed by atoms with Crippen LogP contribution in [0.2, 0.25) is 0 Å². The van der Waals surface area contributed by atoms with Crippen molar-refractivity contribution in [3.8, 4) is 0 Å². The molecule has 0 aromatic rings. The van der Waals surface area contributed by atoms with Gasteiger partial charge in [-0.1, -0.05) is 187 Å². The molecule has 1 amide bonds. The van der Waals surface area contributed by atoms with Gasteiger partial charge in [0.15, 0.2) is 0 Å². The number of carbonyl (C=O) groups excluding carboxylic acids is 1. The highest BCUT2D eigenvalue weighted by molar-refractivity contribution is 7.45. The number of rotatable bonds is 39. The van der Waals surface area contributed by atoms with Gasteiger partial charge in [0, 0.05) is 6.42 Å². The lowest BCUT2D eigenvalue weighted by Crippen LogP contribution is -2.45. The lowest BCUT2D eigenvalue weighted by molar-refractivity contribution is -0.870. The molecule has 0 heterocycles. The standard InChI is InChI=1S/C42H85N2O6P/c1-6-8-10-12-14-16-18-20-21-22-24-25-27-29-31-33-35-41(45)40(39-50-51(47,48)49-38-37-44(3,4)5)43-42(46)36-34-32-30-28-26-23-19-17-15-13-11-9-7-2/h33,35,40-41,45H,6-32,34,36-39H2,1-5H3,(H-,43,46,47,48)/b35-33+/t40-,41+/m0/s1. The summed E-state index contributed by atoms with van der Waals surface area (Å²) >= 11 is 0. The van der Waals surface area contributed by atoms with Gasteiger partial charge >= 0.3 is 0 Å². The van der Waals surface area contributed by atoms with Crippen LogP contribution in [0.3, 0.4) is 0 Å². The molecule has 0 aliphatic carbocycles. The third-order valence-corrected chi connectivity index (χ3v) is 10.7. The molecule has 2 N–H and O–H groups in total. The van der Waals surface area contributed by atoms with Gasteiger partial charge in [-0.2, -0.15) is 0 Å². The van der Waals surface area contributed by atoms with Gasteiger partial charge in [0.25, 0.3) is 7.82 Å². The molecular weight excluding hydrogens is 659 g/mol. The predicted molar refractivity (Wildman–Crippen MR) is 215 cm³/mol. The van der Waals surface area contributed by atoms with Crippen LogP contribution in [0.5, 0.6) is 0 Å². The van der Waals surface area contributed by atoms with Gasteiger partial charge < -0.3 is 28.8 Å². The number of nitrogens with one attached hydrogen (secondary N) is 1. The quantitative estimate of drug-likeness (QED) is 0.0281. The Bertz CT molecular complexity index is 850. The molecule has 9 heteroatoms. The third kappa shape index (κ3) is 37.4. The zero-order valence-electron chi connectivity index (χ0n) is 34.3. The number of hydrogen-bond donors (Lipinski definition) is 2. The van der Waals surface area contributed by atoms with Crippen LogP contribution in [-0.4, -0.2) is 68.5 Å². The Morgan fingerprint density at radius 1 is 0.667 bits per heavy atom. The van der Waals surface area contributed by atoms with E-state index >= 15 is 0 Å². The van der Waals surface area contributed by atoms with E-state index in [2.05, 4.69) is 19.2 Å². The molecule has 51 heavy (non-hydrogen) atoms. The maximum atomic E-state index is 12.8. The summed E-state index contributed by atoms with van der Waals surface area (Å²) in [6.07, 6.45) is 38.2. The number of hydrogen-bond acceptors (Lipinski definition) is 6. The minimum absolute atomic E-state index is 0.00198. The smallest absolute Gasteiger partial charge is 0.268 e. The average molecular weight is 745 g/mol. The largest absolute Gasteiger partial charge is 0.756 e. The molecule has 0 aromatic carbocycles. The molecule has 0 bridgehead atoms. The minimum Gasteiger partial charge on any atom is -0.756 e. The zero-order chi connectivity index (χ0) is 37.9. The van der Waals surface area contributed by atoms with Gasteiger partial charge in [0.05, 0.1) is 39.9 Å². The molecular formula is C42H85N2O6P. The maximum absolute atomic E-state index is 12.8. The Kier molecular flexibility index (Phi) is 34.5. The van der Waals surface area contributed by atoms with Crippen molar-refractivity contribution in [1.29, 1.82) is 0 Å². The molecule has 0 aliphatic heterocycles. The molecule has 8 nitrogen and oxygen atoms in total. The topological polar surface area (TPSA) is 108 Å². The van der Waals surface area contributed by atoms with E-state index in [4.69, 9.17) is 9.05 Å². The minimum atomic E-state index is -4.58. The van der Waals surface area contributed by atoms with Crippen LogP contribution in [0, 0.1) is 0 Å². The highest BCUT2D eigenvalue weighted by atomic mass is 31.2. The highest BCUT2D eigenvalue weighted by Gasteiger charge is 2.23. The van der Waals surface area contributed by atoms with E-state index < -0.39 is 20.0 Å². The number of likely N-dealkylation sites (N-methyl/N-ethyl adjacent to an activating group) is 1. The summed E-state index contributed by atoms with van der Waals surface area (Å²) in [7, 11) is 1.27. The number of carbonyl (C=O) groups is 1. The molecule has 0 radical (unpaired) electrons. The lowest BCUT2D eigenvalue weighted by Gasteiger charge is -2.29. The van der Waals surface area contributed by atoms with E-state index in [0.29, 0.717) is 17.4 Å². The van der Waals surface area contributed by atoms with Crippen LogP contribution in [0.1, 0.15) is 200 Å². The first-order valence-electron chi connectivity index (χ1n) is 21.6. The number of phosphoric ester groups is 1. The van der Waals surface area contributed by atoms with Crippen molar-refractivity contribution in [3.63, 3.8) is 0 Å². The number of aliphatic hydroxyl groups excluding tert-OH is 1. The number of amides is 1. The first-order chi connectivity index (χ1) is 24.5. The Morgan fingerprint density at radius 2 is 1.06 bits per heavy atom. The number of phosphoric acid groups is 1. The fourth-order valence-corrected chi connectivity index (χ4v) is 6.99. The van der Waals surface area contributed by atoms with Gasteiger partial charge in [-0.15, -0.1) is 0 Å². The van der Waals surface area contributed by atoms with E-state index in [9.17, 15) is 19.4 Å². The number of nitrogens with zero attached hydrogens (tertiary/aromatic N) is 1. The number of aliphatic hydroxyl groups is 1. The molecule has 0 saturated carbocycles. The Labute approximate surface area is 316 Å². The second-order valence-electron chi connectivity index (χ2n) is 16.1. The molecule has 0 aliphatic rings. The van der Waals surface area contributed by atoms with Crippen LogP contribution < -0.4 is 10.2 Å². The summed E-state index contributed by atoms with van der Waals surface area (Å²) in [6.45, 7) is 4.65. The SMILES string of the molecule is CCCCCCCCCCCCCCCC/C=C/[C@@H](O)[C@H](COP(=O)([O-])OCC[N+](C)(C)C)NC(=O)CCCCCCCCCCCCCCC. The lowest BCUT2D eigenvalue weighted by atomic mass is 10.0. The summed E-state index contributed by atoms with van der Waals surface area (Å²) in [5, 5.41) is 13.8. The van der Waals surface area contributed by atoms with Gasteiger partial charge in [-0.05, 0) is 19.3 Å². The first kappa shape index (κ1) is 50.2. The van der Waals surface area contributed by atoms with E-state index in [-0.39, 0.29) is 19.1 Å². The molecule has 0 aromatic heterocycles. The van der Waals surface area contributed by atoms with Crippen LogP contribution >= 0.6 is 7.82 Å². The summed E-state index contributed by atoms with van der Waals surface area (Å²) in [6, 6.07) is -0.878. The summed E-state index contributed by atoms with van der Waals surface area (Å²) in [5.41, 5.74) is 0. The monoisotopic (exact) mass is 745 g/mol. The van der Waals surface area contributed by atoms with Gasteiger partial charge in [-0.25, -0.2) is 0 Å². The molecule has 0 spiro atoms. The van der Waals surface area contributed by atoms with E-state index in [1.54, 1.807) is 6.08 Å². The summed E-state index contributed by atoms with van der Waals surface area (Å²) < 4.78 is 23.2. The molecule has 0 rings (SSSR count). The fourth-order valence-electron chi connectivity index (χ4n) is 6.27. The number of allylic oxidation sites excluding steroid dienone is 1. The fraction of sp³-hybridized carbons (Fsp3) is 0.929. The molecule has 0 saturated heterocycles. The normalized spacial score (nSPS) is 14.6. The highest BCUT2D eigenvalue weighted by Crippen LogP contribution is 2.38. The zero-order valence-corrected chi connectivity index (χ0v) is 35.2.